The number of aromatic nitrogens is 5. The Bertz CT molecular complexity index is 501. The highest BCUT2D eigenvalue weighted by molar-refractivity contribution is 4.95. The summed E-state index contributed by atoms with van der Waals surface area (Å²) in [5.41, 5.74) is 0.0436. The van der Waals surface area contributed by atoms with Crippen LogP contribution in [0.25, 0.3) is 0 Å². The van der Waals surface area contributed by atoms with Crippen molar-refractivity contribution in [3.8, 4) is 0 Å². The molecule has 2 heterocycles. The molecule has 0 saturated heterocycles. The van der Waals surface area contributed by atoms with Gasteiger partial charge in [-0.3, -0.25) is 4.57 Å². The Morgan fingerprint density at radius 2 is 2.31 bits per heavy atom. The molecule has 0 aromatic carbocycles. The third kappa shape index (κ3) is 1.43. The SMILES string of the molecule is O=c1[nH]cc(Cn2cn[nH]c2=O)[nH]1. The number of hydrogen-bond donors (Lipinski definition) is 3. The first-order chi connectivity index (χ1) is 6.25. The van der Waals surface area contributed by atoms with E-state index in [-0.39, 0.29) is 11.4 Å². The van der Waals surface area contributed by atoms with Crippen molar-refractivity contribution >= 4 is 0 Å². The Kier molecular flexibility index (Phi) is 1.62. The predicted molar refractivity (Wildman–Crippen MR) is 43.4 cm³/mol. The lowest BCUT2D eigenvalue weighted by molar-refractivity contribution is 0.744. The largest absolute Gasteiger partial charge is 0.343 e. The maximum Gasteiger partial charge on any atom is 0.343 e. The molecule has 68 valence electrons. The second-order valence-electron chi connectivity index (χ2n) is 2.56. The van der Waals surface area contributed by atoms with E-state index in [1.54, 1.807) is 0 Å². The molecule has 0 amide bonds. The number of nitrogens with zero attached hydrogens (tertiary/aromatic N) is 2. The van der Waals surface area contributed by atoms with E-state index in [4.69, 9.17) is 0 Å². The number of nitrogens with one attached hydrogen (secondary N) is 3. The lowest BCUT2D eigenvalue weighted by Gasteiger charge is -1.93. The van der Waals surface area contributed by atoms with Gasteiger partial charge in [0.05, 0.1) is 12.2 Å². The molecule has 2 rings (SSSR count). The van der Waals surface area contributed by atoms with E-state index >= 15 is 0 Å². The average molecular weight is 181 g/mol. The van der Waals surface area contributed by atoms with Crippen LogP contribution in [0.2, 0.25) is 0 Å². The van der Waals surface area contributed by atoms with Crippen molar-refractivity contribution in [2.24, 2.45) is 0 Å². The van der Waals surface area contributed by atoms with Crippen LogP contribution in [0.4, 0.5) is 0 Å². The second-order valence-corrected chi connectivity index (χ2v) is 2.56. The Hall–Kier alpha value is -2.05. The van der Waals surface area contributed by atoms with E-state index in [1.807, 2.05) is 0 Å². The number of H-pyrrole nitrogens is 3. The quantitative estimate of drug-likeness (QED) is 0.533. The third-order valence-corrected chi connectivity index (χ3v) is 1.61. The highest BCUT2D eigenvalue weighted by atomic mass is 16.2. The number of hydrogen-bond acceptors (Lipinski definition) is 3. The summed E-state index contributed by atoms with van der Waals surface area (Å²) < 4.78 is 1.35. The summed E-state index contributed by atoms with van der Waals surface area (Å²) in [7, 11) is 0. The van der Waals surface area contributed by atoms with Crippen LogP contribution in [0.5, 0.6) is 0 Å². The van der Waals surface area contributed by atoms with E-state index in [0.29, 0.717) is 12.2 Å². The van der Waals surface area contributed by atoms with Crippen molar-refractivity contribution in [3.63, 3.8) is 0 Å². The molecule has 13 heavy (non-hydrogen) atoms. The molecule has 7 nitrogen and oxygen atoms in total. The molecular weight excluding hydrogens is 174 g/mol. The van der Waals surface area contributed by atoms with Crippen LogP contribution in [0.3, 0.4) is 0 Å². The average Bonchev–Trinajstić information content (AvgIpc) is 2.64. The van der Waals surface area contributed by atoms with Gasteiger partial charge in [-0.2, -0.15) is 5.10 Å². The van der Waals surface area contributed by atoms with E-state index in [1.165, 1.54) is 17.1 Å². The minimum absolute atomic E-state index is 0.286. The zero-order chi connectivity index (χ0) is 9.26. The van der Waals surface area contributed by atoms with E-state index < -0.39 is 0 Å². The molecule has 0 radical (unpaired) electrons. The lowest BCUT2D eigenvalue weighted by atomic mass is 10.5. The molecule has 0 atom stereocenters. The molecule has 0 aliphatic heterocycles. The first-order valence-electron chi connectivity index (χ1n) is 3.62. The van der Waals surface area contributed by atoms with Crippen LogP contribution in [0, 0.1) is 0 Å². The summed E-state index contributed by atoms with van der Waals surface area (Å²) in [6, 6.07) is 0. The molecule has 7 heteroatoms. The van der Waals surface area contributed by atoms with Gasteiger partial charge in [-0.1, -0.05) is 0 Å². The van der Waals surface area contributed by atoms with Gasteiger partial charge in [0, 0.05) is 6.20 Å². The van der Waals surface area contributed by atoms with Gasteiger partial charge < -0.3 is 9.97 Å². The summed E-state index contributed by atoms with van der Waals surface area (Å²) in [6.45, 7) is 0.300. The fourth-order valence-corrected chi connectivity index (χ4v) is 1.02. The molecule has 2 aromatic rings. The second kappa shape index (κ2) is 2.77. The molecular formula is C6H7N5O2. The minimum atomic E-state index is -0.304. The van der Waals surface area contributed by atoms with Crippen molar-refractivity contribution in [2.75, 3.05) is 0 Å². The van der Waals surface area contributed by atoms with Crippen molar-refractivity contribution in [3.05, 3.63) is 39.2 Å². The molecule has 2 aromatic heterocycles. The third-order valence-electron chi connectivity index (χ3n) is 1.61. The summed E-state index contributed by atoms with van der Waals surface area (Å²) >= 11 is 0. The summed E-state index contributed by atoms with van der Waals surface area (Å²) in [6.07, 6.45) is 2.88. The molecule has 0 aliphatic rings. The Labute approximate surface area is 71.4 Å². The van der Waals surface area contributed by atoms with Gasteiger partial charge in [0.2, 0.25) is 0 Å². The van der Waals surface area contributed by atoms with Crippen molar-refractivity contribution in [1.82, 2.24) is 24.7 Å². The zero-order valence-electron chi connectivity index (χ0n) is 6.57. The smallest absolute Gasteiger partial charge is 0.313 e. The fourth-order valence-electron chi connectivity index (χ4n) is 1.02. The number of rotatable bonds is 2. The Morgan fingerprint density at radius 3 is 2.85 bits per heavy atom. The molecule has 0 spiro atoms. The van der Waals surface area contributed by atoms with Gasteiger partial charge in [0.25, 0.3) is 0 Å². The standard InChI is InChI=1S/C6H7N5O2/c12-5-7-1-4(9-5)2-11-3-8-10-6(11)13/h1,3H,2H2,(H,10,13)(H2,7,9,12). The van der Waals surface area contributed by atoms with Gasteiger partial charge >= 0.3 is 11.4 Å². The maximum absolute atomic E-state index is 11.0. The first-order valence-corrected chi connectivity index (χ1v) is 3.62. The van der Waals surface area contributed by atoms with Crippen molar-refractivity contribution in [1.29, 1.82) is 0 Å². The van der Waals surface area contributed by atoms with Crippen molar-refractivity contribution < 1.29 is 0 Å². The van der Waals surface area contributed by atoms with Crippen molar-refractivity contribution in [2.45, 2.75) is 6.54 Å². The molecule has 0 bridgehead atoms. The summed E-state index contributed by atoms with van der Waals surface area (Å²) in [5.74, 6) is 0. The van der Waals surface area contributed by atoms with Crippen LogP contribution >= 0.6 is 0 Å². The normalized spacial score (nSPS) is 10.5. The highest BCUT2D eigenvalue weighted by Gasteiger charge is 2.00. The first kappa shape index (κ1) is 7.59. The molecule has 3 N–H and O–H groups in total. The Balaban J connectivity index is 2.29. The summed E-state index contributed by atoms with van der Waals surface area (Å²) in [5, 5.41) is 5.80. The van der Waals surface area contributed by atoms with Gasteiger partial charge in [-0.05, 0) is 0 Å². The molecule has 0 unspecified atom stereocenters. The topological polar surface area (TPSA) is 99.3 Å². The van der Waals surface area contributed by atoms with Gasteiger partial charge in [-0.15, -0.1) is 0 Å². The minimum Gasteiger partial charge on any atom is -0.313 e. The number of imidazole rings is 1. The van der Waals surface area contributed by atoms with Gasteiger partial charge in [0.15, 0.2) is 0 Å². The maximum atomic E-state index is 11.0. The lowest BCUT2D eigenvalue weighted by Crippen LogP contribution is -2.17. The van der Waals surface area contributed by atoms with E-state index in [0.717, 1.165) is 0 Å². The molecule has 0 aliphatic carbocycles. The van der Waals surface area contributed by atoms with Crippen LogP contribution in [0.15, 0.2) is 22.1 Å². The molecule has 0 fully saturated rings. The fraction of sp³-hybridized carbons (Fsp3) is 0.167. The van der Waals surface area contributed by atoms with E-state index in [9.17, 15) is 9.59 Å². The highest BCUT2D eigenvalue weighted by Crippen LogP contribution is 1.89. The number of aromatic amines is 3. The predicted octanol–water partition coefficient (Wildman–Crippen LogP) is -1.36. The van der Waals surface area contributed by atoms with Crippen LogP contribution < -0.4 is 11.4 Å². The zero-order valence-corrected chi connectivity index (χ0v) is 6.57. The van der Waals surface area contributed by atoms with Gasteiger partial charge in [0.1, 0.15) is 6.33 Å². The van der Waals surface area contributed by atoms with Crippen LogP contribution in [0.1, 0.15) is 5.69 Å². The molecule has 0 saturated carbocycles. The van der Waals surface area contributed by atoms with Crippen LogP contribution in [-0.2, 0) is 6.54 Å². The summed E-state index contributed by atoms with van der Waals surface area (Å²) in [4.78, 5) is 26.6. The monoisotopic (exact) mass is 181 g/mol. The Morgan fingerprint density at radius 1 is 1.46 bits per heavy atom. The van der Waals surface area contributed by atoms with Crippen LogP contribution in [-0.4, -0.2) is 24.7 Å². The van der Waals surface area contributed by atoms with Gasteiger partial charge in [-0.25, -0.2) is 14.7 Å². The van der Waals surface area contributed by atoms with E-state index in [2.05, 4.69) is 20.2 Å².